The molecule has 0 N–H and O–H groups in total. The summed E-state index contributed by atoms with van der Waals surface area (Å²) in [5, 5.41) is 13.4. The van der Waals surface area contributed by atoms with Crippen LogP contribution in [0.4, 0.5) is 0 Å². The van der Waals surface area contributed by atoms with Gasteiger partial charge in [-0.05, 0) is 19.4 Å². The summed E-state index contributed by atoms with van der Waals surface area (Å²) in [4.78, 5) is 2.43. The summed E-state index contributed by atoms with van der Waals surface area (Å²) in [6.07, 6.45) is 3.01. The van der Waals surface area contributed by atoms with Crippen molar-refractivity contribution in [2.24, 2.45) is 0 Å². The molecule has 0 unspecified atom stereocenters. The number of benzene rings is 1. The molecule has 1 aromatic carbocycles. The van der Waals surface area contributed by atoms with Gasteiger partial charge in [-0.15, -0.1) is 10.2 Å². The van der Waals surface area contributed by atoms with E-state index < -0.39 is 0 Å². The zero-order valence-electron chi connectivity index (χ0n) is 14.9. The van der Waals surface area contributed by atoms with E-state index in [1.165, 1.54) is 11.1 Å². The van der Waals surface area contributed by atoms with E-state index in [2.05, 4.69) is 69.1 Å². The first-order valence-electron chi connectivity index (χ1n) is 8.93. The molecular weight excluding hydrogens is 312 g/mol. The van der Waals surface area contributed by atoms with Crippen molar-refractivity contribution >= 4 is 0 Å². The van der Waals surface area contributed by atoms with Crippen LogP contribution in [0.25, 0.3) is 0 Å². The first-order chi connectivity index (χ1) is 12.2. The standard InChI is InChI=1S/C19H24N6/c1-3-24-13-17(15(2)22-24)12-23-9-10-25-18(20-21-19(25)14-23)11-16-7-5-4-6-8-16/h4-8,13H,3,9-12,14H2,1-2H3. The number of rotatable bonds is 5. The highest BCUT2D eigenvalue weighted by Gasteiger charge is 2.22. The fourth-order valence-corrected chi connectivity index (χ4v) is 3.43. The lowest BCUT2D eigenvalue weighted by atomic mass is 10.1. The maximum Gasteiger partial charge on any atom is 0.147 e. The van der Waals surface area contributed by atoms with E-state index in [0.29, 0.717) is 0 Å². The van der Waals surface area contributed by atoms with E-state index in [1.54, 1.807) is 0 Å². The van der Waals surface area contributed by atoms with Crippen LogP contribution >= 0.6 is 0 Å². The minimum atomic E-state index is 0.843. The summed E-state index contributed by atoms with van der Waals surface area (Å²) in [6.45, 7) is 8.86. The maximum atomic E-state index is 4.55. The Morgan fingerprint density at radius 2 is 1.92 bits per heavy atom. The van der Waals surface area contributed by atoms with E-state index in [1.807, 2.05) is 10.7 Å². The lowest BCUT2D eigenvalue weighted by molar-refractivity contribution is 0.207. The second-order valence-corrected chi connectivity index (χ2v) is 6.65. The zero-order valence-corrected chi connectivity index (χ0v) is 14.9. The van der Waals surface area contributed by atoms with Gasteiger partial charge in [-0.3, -0.25) is 9.58 Å². The van der Waals surface area contributed by atoms with Gasteiger partial charge < -0.3 is 4.57 Å². The third-order valence-electron chi connectivity index (χ3n) is 4.88. The molecule has 3 aromatic rings. The summed E-state index contributed by atoms with van der Waals surface area (Å²) >= 11 is 0. The second-order valence-electron chi connectivity index (χ2n) is 6.65. The van der Waals surface area contributed by atoms with E-state index in [0.717, 1.165) is 56.5 Å². The highest BCUT2D eigenvalue weighted by atomic mass is 15.3. The van der Waals surface area contributed by atoms with Crippen molar-refractivity contribution < 1.29 is 0 Å². The Morgan fingerprint density at radius 1 is 1.08 bits per heavy atom. The number of aromatic nitrogens is 5. The van der Waals surface area contributed by atoms with Gasteiger partial charge in [0.15, 0.2) is 0 Å². The van der Waals surface area contributed by atoms with Gasteiger partial charge in [-0.2, -0.15) is 5.10 Å². The first kappa shape index (κ1) is 16.0. The normalized spacial score (nSPS) is 14.6. The molecule has 0 saturated heterocycles. The van der Waals surface area contributed by atoms with E-state index in [9.17, 15) is 0 Å². The van der Waals surface area contributed by atoms with Gasteiger partial charge in [0, 0.05) is 44.4 Å². The van der Waals surface area contributed by atoms with Crippen molar-refractivity contribution in [1.29, 1.82) is 0 Å². The SMILES string of the molecule is CCn1cc(CN2CCn3c(Cc4ccccc4)nnc3C2)c(C)n1. The van der Waals surface area contributed by atoms with Gasteiger partial charge >= 0.3 is 0 Å². The van der Waals surface area contributed by atoms with Crippen molar-refractivity contribution in [3.63, 3.8) is 0 Å². The monoisotopic (exact) mass is 336 g/mol. The Bertz CT molecular complexity index is 848. The lowest BCUT2D eigenvalue weighted by Crippen LogP contribution is -2.34. The van der Waals surface area contributed by atoms with Crippen LogP contribution in [0, 0.1) is 6.92 Å². The molecule has 0 bridgehead atoms. The van der Waals surface area contributed by atoms with E-state index >= 15 is 0 Å². The molecule has 2 aromatic heterocycles. The Labute approximate surface area is 148 Å². The van der Waals surface area contributed by atoms with E-state index in [-0.39, 0.29) is 0 Å². The van der Waals surface area contributed by atoms with Gasteiger partial charge in [0.25, 0.3) is 0 Å². The minimum Gasteiger partial charge on any atom is -0.312 e. The second kappa shape index (κ2) is 6.80. The zero-order chi connectivity index (χ0) is 17.2. The molecule has 0 radical (unpaired) electrons. The molecule has 0 saturated carbocycles. The molecule has 6 nitrogen and oxygen atoms in total. The number of fused-ring (bicyclic) bond motifs is 1. The number of hydrogen-bond donors (Lipinski definition) is 0. The summed E-state index contributed by atoms with van der Waals surface area (Å²) in [7, 11) is 0. The van der Waals surface area contributed by atoms with Crippen LogP contribution in [0.5, 0.6) is 0 Å². The third kappa shape index (κ3) is 3.35. The van der Waals surface area contributed by atoms with Crippen molar-refractivity contribution in [2.75, 3.05) is 6.54 Å². The van der Waals surface area contributed by atoms with Crippen molar-refractivity contribution in [2.45, 2.75) is 46.4 Å². The lowest BCUT2D eigenvalue weighted by Gasteiger charge is -2.27. The van der Waals surface area contributed by atoms with Crippen LogP contribution in [0.1, 0.15) is 35.4 Å². The first-order valence-corrected chi connectivity index (χ1v) is 8.93. The summed E-state index contributed by atoms with van der Waals surface area (Å²) in [6, 6.07) is 10.5. The largest absolute Gasteiger partial charge is 0.312 e. The molecule has 6 heteroatoms. The Morgan fingerprint density at radius 3 is 2.68 bits per heavy atom. The van der Waals surface area contributed by atoms with Crippen molar-refractivity contribution in [3.05, 3.63) is 65.0 Å². The predicted octanol–water partition coefficient (Wildman–Crippen LogP) is 2.41. The highest BCUT2D eigenvalue weighted by Crippen LogP contribution is 2.18. The molecule has 130 valence electrons. The molecule has 1 aliphatic heterocycles. The molecule has 0 spiro atoms. The van der Waals surface area contributed by atoms with Gasteiger partial charge in [0.1, 0.15) is 11.6 Å². The van der Waals surface area contributed by atoms with Crippen molar-refractivity contribution in [1.82, 2.24) is 29.4 Å². The molecule has 4 rings (SSSR count). The van der Waals surface area contributed by atoms with Crippen LogP contribution in [-0.2, 0) is 32.6 Å². The number of hydrogen-bond acceptors (Lipinski definition) is 4. The summed E-state index contributed by atoms with van der Waals surface area (Å²) < 4.78 is 4.29. The molecule has 3 heterocycles. The Balaban J connectivity index is 1.46. The van der Waals surface area contributed by atoms with Gasteiger partial charge in [0.2, 0.25) is 0 Å². The van der Waals surface area contributed by atoms with Crippen LogP contribution in [0.2, 0.25) is 0 Å². The van der Waals surface area contributed by atoms with Gasteiger partial charge in [0.05, 0.1) is 12.2 Å². The highest BCUT2D eigenvalue weighted by molar-refractivity contribution is 5.20. The number of aryl methyl sites for hydroxylation is 2. The maximum absolute atomic E-state index is 4.55. The van der Waals surface area contributed by atoms with Gasteiger partial charge in [-0.1, -0.05) is 30.3 Å². The Kier molecular flexibility index (Phi) is 4.36. The number of nitrogens with zero attached hydrogens (tertiary/aromatic N) is 6. The third-order valence-corrected chi connectivity index (χ3v) is 4.88. The average Bonchev–Trinajstić information content (AvgIpc) is 3.19. The molecule has 0 fully saturated rings. The summed E-state index contributed by atoms with van der Waals surface area (Å²) in [5.41, 5.74) is 3.71. The molecule has 0 amide bonds. The van der Waals surface area contributed by atoms with E-state index in [4.69, 9.17) is 0 Å². The average molecular weight is 336 g/mol. The smallest absolute Gasteiger partial charge is 0.147 e. The van der Waals surface area contributed by atoms with Crippen molar-refractivity contribution in [3.8, 4) is 0 Å². The van der Waals surface area contributed by atoms with Gasteiger partial charge in [-0.25, -0.2) is 0 Å². The molecule has 0 aliphatic carbocycles. The van der Waals surface area contributed by atoms with Crippen LogP contribution < -0.4 is 0 Å². The predicted molar refractivity (Wildman–Crippen MR) is 96.0 cm³/mol. The van der Waals surface area contributed by atoms with Crippen LogP contribution in [-0.4, -0.2) is 36.0 Å². The minimum absolute atomic E-state index is 0.843. The van der Waals surface area contributed by atoms with Crippen LogP contribution in [0.15, 0.2) is 36.5 Å². The fraction of sp³-hybridized carbons (Fsp3) is 0.421. The molecule has 25 heavy (non-hydrogen) atoms. The Hall–Kier alpha value is -2.47. The van der Waals surface area contributed by atoms with Crippen LogP contribution in [0.3, 0.4) is 0 Å². The molecule has 0 atom stereocenters. The molecular formula is C19H24N6. The summed E-state index contributed by atoms with van der Waals surface area (Å²) in [5.74, 6) is 2.13. The topological polar surface area (TPSA) is 51.8 Å². The quantitative estimate of drug-likeness (QED) is 0.718. The fourth-order valence-electron chi connectivity index (χ4n) is 3.43. The molecule has 1 aliphatic rings.